The van der Waals surface area contributed by atoms with E-state index in [9.17, 15) is 0 Å². The number of pyridine rings is 2. The van der Waals surface area contributed by atoms with Crippen LogP contribution in [0.15, 0.2) is 36.7 Å². The van der Waals surface area contributed by atoms with E-state index in [1.807, 2.05) is 24.5 Å². The van der Waals surface area contributed by atoms with Gasteiger partial charge in [0.25, 0.3) is 0 Å². The maximum absolute atomic E-state index is 4.55. The number of rotatable bonds is 4. The SMILES string of the molecule is Cc1cccnc1CNc1ccnc(C2CCNCC2)c1. The Morgan fingerprint density at radius 3 is 2.86 bits per heavy atom. The van der Waals surface area contributed by atoms with Crippen LogP contribution >= 0.6 is 0 Å². The van der Waals surface area contributed by atoms with Crippen LogP contribution in [0, 0.1) is 6.92 Å². The first-order valence-corrected chi connectivity index (χ1v) is 7.64. The summed E-state index contributed by atoms with van der Waals surface area (Å²) in [6, 6.07) is 8.29. The first-order valence-electron chi connectivity index (χ1n) is 7.64. The van der Waals surface area contributed by atoms with Crippen LogP contribution in [0.3, 0.4) is 0 Å². The second-order valence-electron chi connectivity index (χ2n) is 5.61. The molecule has 1 aliphatic heterocycles. The fraction of sp³-hybridized carbons (Fsp3) is 0.412. The van der Waals surface area contributed by atoms with Gasteiger partial charge < -0.3 is 10.6 Å². The summed E-state index contributed by atoms with van der Waals surface area (Å²) < 4.78 is 0. The average molecular weight is 282 g/mol. The number of hydrogen-bond acceptors (Lipinski definition) is 4. The van der Waals surface area contributed by atoms with Gasteiger partial charge in [-0.1, -0.05) is 6.07 Å². The van der Waals surface area contributed by atoms with E-state index < -0.39 is 0 Å². The van der Waals surface area contributed by atoms with Crippen molar-refractivity contribution < 1.29 is 0 Å². The monoisotopic (exact) mass is 282 g/mol. The molecule has 4 nitrogen and oxygen atoms in total. The van der Waals surface area contributed by atoms with Gasteiger partial charge in [-0.3, -0.25) is 9.97 Å². The molecular weight excluding hydrogens is 260 g/mol. The minimum Gasteiger partial charge on any atom is -0.379 e. The molecule has 4 heteroatoms. The normalized spacial score (nSPS) is 15.9. The van der Waals surface area contributed by atoms with Crippen molar-refractivity contribution in [2.24, 2.45) is 0 Å². The molecule has 2 aromatic heterocycles. The van der Waals surface area contributed by atoms with Crippen LogP contribution < -0.4 is 10.6 Å². The molecule has 0 bridgehead atoms. The molecule has 21 heavy (non-hydrogen) atoms. The van der Waals surface area contributed by atoms with E-state index in [4.69, 9.17) is 0 Å². The first-order chi connectivity index (χ1) is 10.3. The molecule has 0 unspecified atom stereocenters. The molecule has 0 atom stereocenters. The summed E-state index contributed by atoms with van der Waals surface area (Å²) in [7, 11) is 0. The van der Waals surface area contributed by atoms with Crippen LogP contribution in [0.1, 0.15) is 35.7 Å². The number of piperidine rings is 1. The summed E-state index contributed by atoms with van der Waals surface area (Å²) in [6.07, 6.45) is 6.10. The number of nitrogens with one attached hydrogen (secondary N) is 2. The summed E-state index contributed by atoms with van der Waals surface area (Å²) in [6.45, 7) is 5.04. The third-order valence-electron chi connectivity index (χ3n) is 4.12. The van der Waals surface area contributed by atoms with Crippen LogP contribution in [0.25, 0.3) is 0 Å². The topological polar surface area (TPSA) is 49.8 Å². The number of aryl methyl sites for hydroxylation is 1. The predicted molar refractivity (Wildman–Crippen MR) is 85.4 cm³/mol. The molecule has 0 aliphatic carbocycles. The van der Waals surface area contributed by atoms with Gasteiger partial charge in [-0.25, -0.2) is 0 Å². The van der Waals surface area contributed by atoms with E-state index in [1.54, 1.807) is 0 Å². The number of nitrogens with zero attached hydrogens (tertiary/aromatic N) is 2. The summed E-state index contributed by atoms with van der Waals surface area (Å²) in [5.74, 6) is 0.588. The standard InChI is InChI=1S/C17H22N4/c1-13-3-2-7-19-17(13)12-21-15-6-10-20-16(11-15)14-4-8-18-9-5-14/h2-3,6-7,10-11,14,18H,4-5,8-9,12H2,1H3,(H,20,21). The molecular formula is C17H22N4. The van der Waals surface area contributed by atoms with Crippen molar-refractivity contribution in [1.29, 1.82) is 0 Å². The third kappa shape index (κ3) is 3.58. The smallest absolute Gasteiger partial charge is 0.0623 e. The van der Waals surface area contributed by atoms with Crippen molar-refractivity contribution in [3.05, 3.63) is 53.6 Å². The molecule has 1 aliphatic rings. The Hall–Kier alpha value is -1.94. The Balaban J connectivity index is 1.67. The Morgan fingerprint density at radius 2 is 2.05 bits per heavy atom. The molecule has 2 aromatic rings. The molecule has 0 spiro atoms. The molecule has 3 rings (SSSR count). The van der Waals surface area contributed by atoms with E-state index in [2.05, 4.69) is 39.7 Å². The van der Waals surface area contributed by atoms with Crippen LogP contribution in [-0.2, 0) is 6.54 Å². The molecule has 110 valence electrons. The minimum atomic E-state index is 0.588. The average Bonchev–Trinajstić information content (AvgIpc) is 2.55. The third-order valence-corrected chi connectivity index (χ3v) is 4.12. The molecule has 3 heterocycles. The van der Waals surface area contributed by atoms with E-state index >= 15 is 0 Å². The molecule has 1 saturated heterocycles. The highest BCUT2D eigenvalue weighted by Crippen LogP contribution is 2.25. The zero-order valence-corrected chi connectivity index (χ0v) is 12.5. The largest absolute Gasteiger partial charge is 0.379 e. The lowest BCUT2D eigenvalue weighted by Crippen LogP contribution is -2.27. The van der Waals surface area contributed by atoms with Crippen LogP contribution in [0.5, 0.6) is 0 Å². The van der Waals surface area contributed by atoms with Crippen molar-refractivity contribution in [2.45, 2.75) is 32.2 Å². The molecule has 2 N–H and O–H groups in total. The van der Waals surface area contributed by atoms with Crippen molar-refractivity contribution in [3.8, 4) is 0 Å². The first kappa shape index (κ1) is 14.0. The van der Waals surface area contributed by atoms with Gasteiger partial charge in [-0.05, 0) is 56.6 Å². The van der Waals surface area contributed by atoms with Crippen molar-refractivity contribution >= 4 is 5.69 Å². The van der Waals surface area contributed by atoms with E-state index in [0.717, 1.165) is 31.0 Å². The van der Waals surface area contributed by atoms with Gasteiger partial charge >= 0.3 is 0 Å². The summed E-state index contributed by atoms with van der Waals surface area (Å²) in [5, 5.41) is 6.86. The van der Waals surface area contributed by atoms with Gasteiger partial charge in [-0.2, -0.15) is 0 Å². The molecule has 0 amide bonds. The maximum Gasteiger partial charge on any atom is 0.0623 e. The number of aromatic nitrogens is 2. The highest BCUT2D eigenvalue weighted by Gasteiger charge is 2.16. The van der Waals surface area contributed by atoms with E-state index in [0.29, 0.717) is 5.92 Å². The summed E-state index contributed by atoms with van der Waals surface area (Å²) in [5.41, 5.74) is 4.65. The van der Waals surface area contributed by atoms with Crippen LogP contribution in [0.4, 0.5) is 5.69 Å². The Kier molecular flexibility index (Phi) is 4.46. The highest BCUT2D eigenvalue weighted by atomic mass is 14.9. The summed E-state index contributed by atoms with van der Waals surface area (Å²) >= 11 is 0. The quantitative estimate of drug-likeness (QED) is 0.905. The second kappa shape index (κ2) is 6.68. The molecule has 0 radical (unpaired) electrons. The summed E-state index contributed by atoms with van der Waals surface area (Å²) in [4.78, 5) is 8.97. The van der Waals surface area contributed by atoms with Gasteiger partial charge in [0.15, 0.2) is 0 Å². The van der Waals surface area contributed by atoms with Crippen LogP contribution in [-0.4, -0.2) is 23.1 Å². The fourth-order valence-electron chi connectivity index (χ4n) is 2.79. The Bertz CT molecular complexity index is 591. The fourth-order valence-corrected chi connectivity index (χ4v) is 2.79. The Labute approximate surface area is 126 Å². The van der Waals surface area contributed by atoms with Gasteiger partial charge in [0, 0.05) is 29.7 Å². The second-order valence-corrected chi connectivity index (χ2v) is 5.61. The van der Waals surface area contributed by atoms with Crippen molar-refractivity contribution in [2.75, 3.05) is 18.4 Å². The van der Waals surface area contributed by atoms with E-state index in [-0.39, 0.29) is 0 Å². The van der Waals surface area contributed by atoms with Crippen LogP contribution in [0.2, 0.25) is 0 Å². The minimum absolute atomic E-state index is 0.588. The van der Waals surface area contributed by atoms with E-state index in [1.165, 1.54) is 24.1 Å². The van der Waals surface area contributed by atoms with Gasteiger partial charge in [0.05, 0.1) is 12.2 Å². The zero-order chi connectivity index (χ0) is 14.5. The zero-order valence-electron chi connectivity index (χ0n) is 12.5. The lowest BCUT2D eigenvalue weighted by Gasteiger charge is -2.22. The molecule has 0 aromatic carbocycles. The van der Waals surface area contributed by atoms with Gasteiger partial charge in [-0.15, -0.1) is 0 Å². The molecule has 0 saturated carbocycles. The maximum atomic E-state index is 4.55. The number of hydrogen-bond donors (Lipinski definition) is 2. The molecule has 1 fully saturated rings. The van der Waals surface area contributed by atoms with Gasteiger partial charge in [0.1, 0.15) is 0 Å². The van der Waals surface area contributed by atoms with Crippen molar-refractivity contribution in [3.63, 3.8) is 0 Å². The van der Waals surface area contributed by atoms with Crippen molar-refractivity contribution in [1.82, 2.24) is 15.3 Å². The highest BCUT2D eigenvalue weighted by molar-refractivity contribution is 5.44. The van der Waals surface area contributed by atoms with Gasteiger partial charge in [0.2, 0.25) is 0 Å². The Morgan fingerprint density at radius 1 is 1.19 bits per heavy atom. The lowest BCUT2D eigenvalue weighted by atomic mass is 9.94. The number of anilines is 1. The lowest BCUT2D eigenvalue weighted by molar-refractivity contribution is 0.453. The predicted octanol–water partition coefficient (Wildman–Crippen LogP) is 2.86.